The van der Waals surface area contributed by atoms with Crippen LogP contribution in [0.1, 0.15) is 76.8 Å². The van der Waals surface area contributed by atoms with Gasteiger partial charge in [0.15, 0.2) is 0 Å². The molecule has 0 radical (unpaired) electrons. The van der Waals surface area contributed by atoms with Gasteiger partial charge in [0.05, 0.1) is 19.4 Å². The third-order valence-corrected chi connectivity index (χ3v) is 8.56. The Morgan fingerprint density at radius 1 is 0.824 bits per heavy atom. The van der Waals surface area contributed by atoms with Crippen LogP contribution in [0.3, 0.4) is 0 Å². The minimum Gasteiger partial charge on any atom is -0.355 e. The van der Waals surface area contributed by atoms with Crippen LogP contribution in [0.5, 0.6) is 0 Å². The first-order valence-corrected chi connectivity index (χ1v) is 14.6. The number of carbonyl (C=O) groups is 1. The smallest absolute Gasteiger partial charge is 0.330 e. The second-order valence-corrected chi connectivity index (χ2v) is 11.2. The summed E-state index contributed by atoms with van der Waals surface area (Å²) in [5, 5.41) is 3.17. The molecule has 0 bridgehead atoms. The van der Waals surface area contributed by atoms with Gasteiger partial charge >= 0.3 is 7.60 Å². The maximum atomic E-state index is 13.8. The molecule has 1 aliphatic rings. The van der Waals surface area contributed by atoms with E-state index in [0.29, 0.717) is 32.3 Å². The van der Waals surface area contributed by atoms with Gasteiger partial charge in [-0.3, -0.25) is 9.36 Å². The lowest BCUT2D eigenvalue weighted by atomic mass is 9.74. The molecule has 3 rings (SSSR count). The number of benzene rings is 2. The van der Waals surface area contributed by atoms with Crippen molar-refractivity contribution in [3.8, 4) is 11.1 Å². The van der Waals surface area contributed by atoms with E-state index in [1.165, 1.54) is 0 Å². The summed E-state index contributed by atoms with van der Waals surface area (Å²) in [5.74, 6) is 0.0142. The quantitative estimate of drug-likeness (QED) is 0.216. The second-order valence-electron chi connectivity index (χ2n) is 9.06. The Bertz CT molecular complexity index is 930. The van der Waals surface area contributed by atoms with E-state index in [0.717, 1.165) is 60.8 Å². The highest BCUT2D eigenvalue weighted by Gasteiger charge is 2.48. The minimum absolute atomic E-state index is 0.0142. The maximum Gasteiger partial charge on any atom is 0.330 e. The molecule has 2 aromatic carbocycles. The van der Waals surface area contributed by atoms with Crippen LogP contribution in [-0.2, 0) is 23.8 Å². The molecule has 0 atom stereocenters. The van der Waals surface area contributed by atoms with Crippen molar-refractivity contribution in [2.45, 2.75) is 71.1 Å². The van der Waals surface area contributed by atoms with Crippen molar-refractivity contribution in [1.82, 2.24) is 5.32 Å². The molecule has 0 fully saturated rings. The summed E-state index contributed by atoms with van der Waals surface area (Å²) in [6.07, 6.45) is 6.17. The van der Waals surface area contributed by atoms with Crippen molar-refractivity contribution in [1.29, 1.82) is 0 Å². The first kappa shape index (κ1) is 26.7. The summed E-state index contributed by atoms with van der Waals surface area (Å²) in [4.78, 5) is 13.8. The molecule has 34 heavy (non-hydrogen) atoms. The topological polar surface area (TPSA) is 64.6 Å². The Labute approximate surface area is 205 Å². The number of amides is 1. The lowest BCUT2D eigenvalue weighted by molar-refractivity contribution is -0.125. The van der Waals surface area contributed by atoms with Crippen LogP contribution in [0, 0.1) is 0 Å². The van der Waals surface area contributed by atoms with Crippen molar-refractivity contribution < 1.29 is 18.4 Å². The van der Waals surface area contributed by atoms with Crippen LogP contribution >= 0.6 is 7.60 Å². The number of carbonyl (C=O) groups excluding carboxylic acids is 1. The third kappa shape index (κ3) is 5.82. The van der Waals surface area contributed by atoms with Crippen LogP contribution < -0.4 is 5.32 Å². The molecule has 0 aliphatic heterocycles. The fraction of sp³-hybridized carbons (Fsp3) is 0.536. The zero-order valence-electron chi connectivity index (χ0n) is 21.0. The molecule has 0 heterocycles. The van der Waals surface area contributed by atoms with E-state index in [-0.39, 0.29) is 5.91 Å². The Morgan fingerprint density at radius 3 is 1.85 bits per heavy atom. The predicted molar refractivity (Wildman–Crippen MR) is 139 cm³/mol. The monoisotopic (exact) mass is 485 g/mol. The number of unbranched alkanes of at least 4 members (excludes halogenated alkanes) is 2. The molecule has 1 amide bonds. The average Bonchev–Trinajstić information content (AvgIpc) is 3.13. The second kappa shape index (κ2) is 12.7. The van der Waals surface area contributed by atoms with Crippen LogP contribution in [0.25, 0.3) is 11.1 Å². The summed E-state index contributed by atoms with van der Waals surface area (Å²) in [5.41, 5.74) is 3.74. The van der Waals surface area contributed by atoms with Gasteiger partial charge in [0, 0.05) is 6.54 Å². The van der Waals surface area contributed by atoms with Gasteiger partial charge in [-0.2, -0.15) is 0 Å². The molecule has 0 aromatic heterocycles. The minimum atomic E-state index is -3.15. The number of rotatable bonds is 15. The van der Waals surface area contributed by atoms with Crippen LogP contribution in [0.4, 0.5) is 0 Å². The van der Waals surface area contributed by atoms with Gasteiger partial charge in [-0.15, -0.1) is 0 Å². The predicted octanol–water partition coefficient (Wildman–Crippen LogP) is 7.09. The van der Waals surface area contributed by atoms with Crippen molar-refractivity contribution in [2.24, 2.45) is 0 Å². The van der Waals surface area contributed by atoms with E-state index in [1.54, 1.807) is 0 Å². The van der Waals surface area contributed by atoms with Gasteiger partial charge in [-0.1, -0.05) is 88.6 Å². The van der Waals surface area contributed by atoms with E-state index in [1.807, 2.05) is 24.3 Å². The SMILES string of the molecule is CCCCOP(=O)(CCCNC(=O)C1(CCC)c2ccccc2-c2ccccc21)OCCCC. The molecule has 6 heteroatoms. The number of hydrogen-bond donors (Lipinski definition) is 1. The van der Waals surface area contributed by atoms with E-state index < -0.39 is 13.0 Å². The summed E-state index contributed by atoms with van der Waals surface area (Å²) >= 11 is 0. The zero-order chi connectivity index (χ0) is 24.4. The van der Waals surface area contributed by atoms with Gasteiger partial charge in [0.25, 0.3) is 0 Å². The molecular formula is C28H40NO4P. The van der Waals surface area contributed by atoms with Gasteiger partial charge in [-0.25, -0.2) is 0 Å². The average molecular weight is 486 g/mol. The largest absolute Gasteiger partial charge is 0.355 e. The molecule has 186 valence electrons. The van der Waals surface area contributed by atoms with Crippen LogP contribution in [0.15, 0.2) is 48.5 Å². The lowest BCUT2D eigenvalue weighted by Crippen LogP contribution is -2.44. The van der Waals surface area contributed by atoms with Crippen molar-refractivity contribution in [3.63, 3.8) is 0 Å². The van der Waals surface area contributed by atoms with Gasteiger partial charge in [-0.05, 0) is 47.9 Å². The molecule has 5 nitrogen and oxygen atoms in total. The molecule has 0 spiro atoms. The van der Waals surface area contributed by atoms with E-state index >= 15 is 0 Å². The van der Waals surface area contributed by atoms with Crippen LogP contribution in [0.2, 0.25) is 0 Å². The zero-order valence-corrected chi connectivity index (χ0v) is 21.9. The van der Waals surface area contributed by atoms with Crippen LogP contribution in [-0.4, -0.2) is 31.8 Å². The molecule has 1 aliphatic carbocycles. The Kier molecular flexibility index (Phi) is 9.94. The highest BCUT2D eigenvalue weighted by atomic mass is 31.2. The highest BCUT2D eigenvalue weighted by molar-refractivity contribution is 7.53. The van der Waals surface area contributed by atoms with Gasteiger partial charge < -0.3 is 14.4 Å². The molecule has 0 unspecified atom stereocenters. The number of nitrogens with one attached hydrogen (secondary N) is 1. The third-order valence-electron chi connectivity index (χ3n) is 6.54. The molecule has 0 saturated heterocycles. The fourth-order valence-electron chi connectivity index (χ4n) is 4.82. The molecule has 2 aromatic rings. The summed E-state index contributed by atoms with van der Waals surface area (Å²) in [6.45, 7) is 7.60. The Hall–Kier alpha value is -1.94. The van der Waals surface area contributed by atoms with Gasteiger partial charge in [0.2, 0.25) is 5.91 Å². The standard InChI is InChI=1S/C28H40NO4P/c1-4-7-20-32-34(31,33-21-8-5-2)22-13-19-29-27(30)28(18-6-3)25-16-11-9-14-23(25)24-15-10-12-17-26(24)28/h9-12,14-17H,4-8,13,18-22H2,1-3H3,(H,29,30). The van der Waals surface area contributed by atoms with E-state index in [2.05, 4.69) is 50.4 Å². The van der Waals surface area contributed by atoms with Crippen molar-refractivity contribution >= 4 is 13.5 Å². The molecule has 1 N–H and O–H groups in total. The first-order valence-electron chi connectivity index (χ1n) is 12.9. The number of fused-ring (bicyclic) bond motifs is 3. The maximum absolute atomic E-state index is 13.8. The van der Waals surface area contributed by atoms with Crippen molar-refractivity contribution in [3.05, 3.63) is 59.7 Å². The molecule has 0 saturated carbocycles. The van der Waals surface area contributed by atoms with Crippen molar-refractivity contribution in [2.75, 3.05) is 25.9 Å². The Morgan fingerprint density at radius 2 is 1.35 bits per heavy atom. The summed E-state index contributed by atoms with van der Waals surface area (Å²) in [7, 11) is -3.15. The molecular weight excluding hydrogens is 445 g/mol. The number of hydrogen-bond acceptors (Lipinski definition) is 4. The first-order chi connectivity index (χ1) is 16.5. The highest BCUT2D eigenvalue weighted by Crippen LogP contribution is 2.52. The fourth-order valence-corrected chi connectivity index (χ4v) is 6.51. The van der Waals surface area contributed by atoms with E-state index in [4.69, 9.17) is 9.05 Å². The summed E-state index contributed by atoms with van der Waals surface area (Å²) in [6, 6.07) is 16.5. The van der Waals surface area contributed by atoms with E-state index in [9.17, 15) is 9.36 Å². The van der Waals surface area contributed by atoms with Gasteiger partial charge in [0.1, 0.15) is 5.41 Å². The Balaban J connectivity index is 1.71. The normalized spacial score (nSPS) is 14.0. The summed E-state index contributed by atoms with van der Waals surface area (Å²) < 4.78 is 24.6. The lowest BCUT2D eigenvalue weighted by Gasteiger charge is -2.30.